The number of nitrogens with zero attached hydrogens (tertiary/aromatic N) is 1. The van der Waals surface area contributed by atoms with Crippen LogP contribution in [0.3, 0.4) is 0 Å². The fourth-order valence-electron chi connectivity index (χ4n) is 2.82. The minimum atomic E-state index is -4.65. The number of aromatic nitrogens is 1. The van der Waals surface area contributed by atoms with Crippen LogP contribution in [0.1, 0.15) is 23.7 Å². The Morgan fingerprint density at radius 2 is 1.91 bits per heavy atom. The first-order chi connectivity index (χ1) is 14.9. The predicted molar refractivity (Wildman–Crippen MR) is 111 cm³/mol. The molecule has 1 fully saturated rings. The lowest BCUT2D eigenvalue weighted by molar-refractivity contribution is -0.155. The molecule has 0 radical (unpaired) electrons. The molecule has 1 aliphatic carbocycles. The zero-order chi connectivity index (χ0) is 23.7. The molecular weight excluding hydrogens is 541 g/mol. The smallest absolute Gasteiger partial charge is 0.450 e. The standard InChI is InChI=1S/C17H12BrF3N2O3S2.CH2O3/c18-10-3-1-2-9(6-10)11-7-12(11)23-28(24,25)16-5-4-14(27-16)13-8-15(26-22-13)17(19,20)21;2-1(3)4/h1-6,8,11-12,23H,7H2;(H2,2,3,4)/t11-,12+;/m1./s1. The molecule has 32 heavy (non-hydrogen) atoms. The summed E-state index contributed by atoms with van der Waals surface area (Å²) in [6, 6.07) is 11.0. The van der Waals surface area contributed by atoms with Crippen LogP contribution in [0.25, 0.3) is 10.6 Å². The van der Waals surface area contributed by atoms with Crippen LogP contribution in [0.5, 0.6) is 0 Å². The van der Waals surface area contributed by atoms with Gasteiger partial charge in [0.25, 0.3) is 0 Å². The van der Waals surface area contributed by atoms with Crippen molar-refractivity contribution in [2.24, 2.45) is 0 Å². The Morgan fingerprint density at radius 1 is 1.22 bits per heavy atom. The van der Waals surface area contributed by atoms with Gasteiger partial charge in [0.1, 0.15) is 9.90 Å². The van der Waals surface area contributed by atoms with Crippen LogP contribution >= 0.6 is 27.3 Å². The Balaban J connectivity index is 0.000000668. The van der Waals surface area contributed by atoms with Gasteiger partial charge in [-0.2, -0.15) is 13.2 Å². The van der Waals surface area contributed by atoms with Gasteiger partial charge in [0.15, 0.2) is 0 Å². The second-order valence-corrected chi connectivity index (χ2v) is 10.5. The maximum atomic E-state index is 12.6. The third-order valence-corrected chi connectivity index (χ3v) is 7.84. The third kappa shape index (κ3) is 6.09. The SMILES string of the molecule is O=C(O)O.O=S(=O)(N[C@H]1C[C@@H]1c1cccc(Br)c1)c1ccc(-c2cc(C(F)(F)F)on2)s1. The summed E-state index contributed by atoms with van der Waals surface area (Å²) >= 11 is 4.23. The number of hydrogen-bond donors (Lipinski definition) is 3. The summed E-state index contributed by atoms with van der Waals surface area (Å²) in [7, 11) is -3.78. The van der Waals surface area contributed by atoms with E-state index in [0.29, 0.717) is 6.42 Å². The number of benzene rings is 1. The second kappa shape index (κ2) is 9.21. The molecule has 0 amide bonds. The maximum Gasteiger partial charge on any atom is 0.503 e. The van der Waals surface area contributed by atoms with Crippen LogP contribution in [-0.2, 0) is 16.2 Å². The van der Waals surface area contributed by atoms with E-state index >= 15 is 0 Å². The Bertz CT molecular complexity index is 1220. The van der Waals surface area contributed by atoms with E-state index in [1.807, 2.05) is 24.3 Å². The molecule has 1 aliphatic rings. The van der Waals surface area contributed by atoms with Gasteiger partial charge in [-0.15, -0.1) is 11.3 Å². The van der Waals surface area contributed by atoms with Crippen molar-refractivity contribution in [3.63, 3.8) is 0 Å². The zero-order valence-corrected chi connectivity index (χ0v) is 18.9. The second-order valence-electron chi connectivity index (χ2n) is 6.60. The summed E-state index contributed by atoms with van der Waals surface area (Å²) in [6.45, 7) is 0. The average Bonchev–Trinajstić information content (AvgIpc) is 3.09. The van der Waals surface area contributed by atoms with E-state index in [9.17, 15) is 21.6 Å². The molecule has 0 bridgehead atoms. The molecule has 1 saturated carbocycles. The molecule has 0 spiro atoms. The number of hydrogen-bond acceptors (Lipinski definition) is 6. The number of carbonyl (C=O) groups is 1. The summed E-state index contributed by atoms with van der Waals surface area (Å²) in [5.41, 5.74) is 0.980. The van der Waals surface area contributed by atoms with Crippen molar-refractivity contribution in [3.8, 4) is 10.6 Å². The quantitative estimate of drug-likeness (QED) is 0.393. The van der Waals surface area contributed by atoms with E-state index in [-0.39, 0.29) is 26.7 Å². The summed E-state index contributed by atoms with van der Waals surface area (Å²) in [5.74, 6) is -1.13. The van der Waals surface area contributed by atoms with Crippen molar-refractivity contribution in [2.75, 3.05) is 0 Å². The zero-order valence-electron chi connectivity index (χ0n) is 15.7. The topological polar surface area (TPSA) is 130 Å². The fraction of sp³-hybridized carbons (Fsp3) is 0.222. The molecule has 2 atom stereocenters. The minimum Gasteiger partial charge on any atom is -0.450 e. The molecule has 0 unspecified atom stereocenters. The van der Waals surface area contributed by atoms with Crippen molar-refractivity contribution in [3.05, 3.63) is 58.3 Å². The van der Waals surface area contributed by atoms with Crippen LogP contribution in [0.15, 0.2) is 55.7 Å². The number of halogens is 4. The Kier molecular flexibility index (Phi) is 6.97. The Labute approximate surface area is 191 Å². The van der Waals surface area contributed by atoms with Crippen LogP contribution in [0.4, 0.5) is 18.0 Å². The molecule has 8 nitrogen and oxygen atoms in total. The van der Waals surface area contributed by atoms with Gasteiger partial charge in [-0.3, -0.25) is 0 Å². The highest BCUT2D eigenvalue weighted by Crippen LogP contribution is 2.43. The van der Waals surface area contributed by atoms with E-state index in [1.54, 1.807) is 0 Å². The number of carboxylic acid groups (broad SMARTS) is 2. The molecule has 2 heterocycles. The molecule has 0 aliphatic heterocycles. The molecule has 172 valence electrons. The van der Waals surface area contributed by atoms with Crippen LogP contribution in [0, 0.1) is 0 Å². The molecule has 14 heteroatoms. The highest BCUT2D eigenvalue weighted by Gasteiger charge is 2.42. The highest BCUT2D eigenvalue weighted by molar-refractivity contribution is 9.10. The number of alkyl halides is 3. The monoisotopic (exact) mass is 554 g/mol. The van der Waals surface area contributed by atoms with Crippen LogP contribution in [0.2, 0.25) is 0 Å². The maximum absolute atomic E-state index is 12.6. The summed E-state index contributed by atoms with van der Waals surface area (Å²) in [5, 5.41) is 17.3. The number of rotatable bonds is 5. The van der Waals surface area contributed by atoms with Crippen molar-refractivity contribution in [2.45, 2.75) is 28.8 Å². The average molecular weight is 555 g/mol. The third-order valence-electron chi connectivity index (χ3n) is 4.26. The first-order valence-corrected chi connectivity index (χ1v) is 11.8. The van der Waals surface area contributed by atoms with Crippen molar-refractivity contribution >= 4 is 43.4 Å². The summed E-state index contributed by atoms with van der Waals surface area (Å²) in [6.07, 6.45) is -5.79. The molecule has 2 aromatic heterocycles. The van der Waals surface area contributed by atoms with Crippen LogP contribution < -0.4 is 4.72 Å². The van der Waals surface area contributed by atoms with Gasteiger partial charge >= 0.3 is 12.3 Å². The van der Waals surface area contributed by atoms with E-state index in [1.165, 1.54) is 12.1 Å². The van der Waals surface area contributed by atoms with E-state index in [4.69, 9.17) is 15.0 Å². The van der Waals surface area contributed by atoms with Crippen molar-refractivity contribution < 1.29 is 41.1 Å². The number of nitrogens with one attached hydrogen (secondary N) is 1. The molecule has 3 N–H and O–H groups in total. The molecule has 4 rings (SSSR count). The molecular formula is C18H14BrF3N2O6S2. The van der Waals surface area contributed by atoms with Crippen molar-refractivity contribution in [1.82, 2.24) is 9.88 Å². The minimum absolute atomic E-state index is 0.0129. The summed E-state index contributed by atoms with van der Waals surface area (Å²) in [4.78, 5) is 8.83. The van der Waals surface area contributed by atoms with E-state index in [0.717, 1.165) is 27.4 Å². The van der Waals surface area contributed by atoms with Gasteiger partial charge in [0.05, 0.1) is 4.88 Å². The highest BCUT2D eigenvalue weighted by atomic mass is 79.9. The Hall–Kier alpha value is -2.42. The number of sulfonamides is 1. The van der Waals surface area contributed by atoms with Gasteiger partial charge in [-0.05, 0) is 36.2 Å². The lowest BCUT2D eigenvalue weighted by Crippen LogP contribution is -2.26. The lowest BCUT2D eigenvalue weighted by atomic mass is 10.1. The van der Waals surface area contributed by atoms with Crippen molar-refractivity contribution in [1.29, 1.82) is 0 Å². The van der Waals surface area contributed by atoms with Gasteiger partial charge in [0.2, 0.25) is 15.8 Å². The first kappa shape index (κ1) is 24.2. The molecule has 1 aromatic carbocycles. The lowest BCUT2D eigenvalue weighted by Gasteiger charge is -2.05. The number of thiophene rings is 1. The first-order valence-electron chi connectivity index (χ1n) is 8.70. The molecule has 3 aromatic rings. The normalized spacial score (nSPS) is 18.0. The van der Waals surface area contributed by atoms with Gasteiger partial charge in [-0.25, -0.2) is 17.9 Å². The predicted octanol–water partition coefficient (Wildman–Crippen LogP) is 5.24. The molecule has 0 saturated heterocycles. The largest absolute Gasteiger partial charge is 0.503 e. The van der Waals surface area contributed by atoms with Crippen LogP contribution in [-0.4, -0.2) is 36.0 Å². The fourth-order valence-corrected chi connectivity index (χ4v) is 5.80. The van der Waals surface area contributed by atoms with Gasteiger partial charge < -0.3 is 14.7 Å². The van der Waals surface area contributed by atoms with Gasteiger partial charge in [-0.1, -0.05) is 33.2 Å². The van der Waals surface area contributed by atoms with E-state index < -0.39 is 28.1 Å². The van der Waals surface area contributed by atoms with Gasteiger partial charge in [0, 0.05) is 22.5 Å². The summed E-state index contributed by atoms with van der Waals surface area (Å²) < 4.78 is 71.0. The Morgan fingerprint density at radius 3 is 2.50 bits per heavy atom. The van der Waals surface area contributed by atoms with E-state index in [2.05, 4.69) is 30.3 Å².